The Morgan fingerprint density at radius 1 is 0.539 bits per heavy atom. The Morgan fingerprint density at radius 2 is 0.978 bits per heavy atom. The molecule has 2 aromatic rings. The van der Waals surface area contributed by atoms with Gasteiger partial charge in [-0.25, -0.2) is 8.78 Å². The monoisotopic (exact) mass is 1340 g/mol. The molecule has 1 heterocycles. The third-order valence-electron chi connectivity index (χ3n) is 13.7. The Balaban J connectivity index is 1.39. The molecule has 89 heavy (non-hydrogen) atoms. The van der Waals surface area contributed by atoms with Crippen LogP contribution in [0.1, 0.15) is 68.1 Å². The van der Waals surface area contributed by atoms with Crippen LogP contribution < -0.4 is 26.0 Å². The van der Waals surface area contributed by atoms with Crippen molar-refractivity contribution >= 4 is 75.1 Å². The molecule has 1 fully saturated rings. The zero-order valence-corrected chi connectivity index (χ0v) is 51.9. The van der Waals surface area contributed by atoms with Gasteiger partial charge in [0.15, 0.2) is 11.6 Å². The molecule has 500 valence electrons. The van der Waals surface area contributed by atoms with Crippen LogP contribution in [0.15, 0.2) is 16.6 Å². The Morgan fingerprint density at radius 3 is 1.45 bits per heavy atom. The van der Waals surface area contributed by atoms with Gasteiger partial charge in [0.25, 0.3) is 0 Å². The average molecular weight is 1340 g/mol. The first-order valence-corrected chi connectivity index (χ1v) is 29.8. The smallest absolute Gasteiger partial charge is 0.320 e. The Hall–Kier alpha value is -6.49. The number of halogens is 5. The number of carboxylic acid groups (broad SMARTS) is 4. The molecule has 0 spiro atoms. The van der Waals surface area contributed by atoms with Crippen molar-refractivity contribution in [3.63, 3.8) is 0 Å². The number of carbonyl (C=O) groups excluding carboxylic acids is 5. The van der Waals surface area contributed by atoms with E-state index in [0.717, 1.165) is 21.2 Å². The van der Waals surface area contributed by atoms with Gasteiger partial charge in [-0.2, -0.15) is 8.78 Å². The van der Waals surface area contributed by atoms with Crippen LogP contribution >= 0.6 is 15.9 Å². The first-order chi connectivity index (χ1) is 42.4. The Bertz CT molecular complexity index is 2590. The van der Waals surface area contributed by atoms with Gasteiger partial charge in [0.1, 0.15) is 12.1 Å². The zero-order chi connectivity index (χ0) is 65.8. The van der Waals surface area contributed by atoms with Crippen LogP contribution in [-0.4, -0.2) is 257 Å². The number of nitrogens with zero attached hydrogens (tertiary/aromatic N) is 4. The quantitative estimate of drug-likeness (QED) is 0.0156. The summed E-state index contributed by atoms with van der Waals surface area (Å²) in [4.78, 5) is 119. The van der Waals surface area contributed by atoms with E-state index in [9.17, 15) is 81.1 Å². The van der Waals surface area contributed by atoms with E-state index in [4.69, 9.17) is 23.7 Å². The van der Waals surface area contributed by atoms with Crippen LogP contribution in [0, 0.1) is 44.0 Å². The topological polar surface area (TPSA) is 351 Å². The lowest BCUT2D eigenvalue weighted by Crippen LogP contribution is -2.52. The molecule has 1 aliphatic rings. The summed E-state index contributed by atoms with van der Waals surface area (Å²) < 4.78 is 86.7. The number of hydrogen-bond donors (Lipinski definition) is 8. The lowest BCUT2D eigenvalue weighted by molar-refractivity contribution is -0.145. The summed E-state index contributed by atoms with van der Waals surface area (Å²) in [6.45, 7) is 7.33. The molecule has 32 heteroatoms. The number of esters is 1. The summed E-state index contributed by atoms with van der Waals surface area (Å²) in [5, 5.41) is 50.1. The summed E-state index contributed by atoms with van der Waals surface area (Å²) in [5.74, 6) is -16.5. The van der Waals surface area contributed by atoms with Gasteiger partial charge >= 0.3 is 29.8 Å². The molecule has 1 saturated heterocycles. The van der Waals surface area contributed by atoms with Gasteiger partial charge in [-0.05, 0) is 63.1 Å². The molecule has 3 rings (SSSR count). The zero-order valence-electron chi connectivity index (χ0n) is 50.3. The summed E-state index contributed by atoms with van der Waals surface area (Å²) in [6.07, 6.45) is -0.980. The molecule has 1 unspecified atom stereocenters. The van der Waals surface area contributed by atoms with Gasteiger partial charge in [-0.1, -0.05) is 22.0 Å². The lowest BCUT2D eigenvalue weighted by atomic mass is 10.0. The van der Waals surface area contributed by atoms with E-state index in [-0.39, 0.29) is 201 Å². The average Bonchev–Trinajstić information content (AvgIpc) is 2.72. The molecule has 1 aliphatic heterocycles. The predicted molar refractivity (Wildman–Crippen MR) is 313 cm³/mol. The molecule has 2 aromatic carbocycles. The summed E-state index contributed by atoms with van der Waals surface area (Å²) in [5.41, 5.74) is 3.16. The number of benzene rings is 2. The number of anilines is 1. The highest BCUT2D eigenvalue weighted by atomic mass is 79.9. The normalized spacial score (nSPS) is 14.6. The molecule has 8 N–H and O–H groups in total. The Labute approximate surface area is 521 Å². The highest BCUT2D eigenvalue weighted by Gasteiger charge is 2.31. The third-order valence-corrected chi connectivity index (χ3v) is 14.9. The van der Waals surface area contributed by atoms with Crippen LogP contribution in [0.25, 0.3) is 0 Å². The second kappa shape index (κ2) is 42.5. The first kappa shape index (κ1) is 76.8. The van der Waals surface area contributed by atoms with Gasteiger partial charge in [0.05, 0.1) is 85.7 Å². The van der Waals surface area contributed by atoms with Crippen LogP contribution in [0.5, 0.6) is 5.75 Å². The largest absolute Gasteiger partial charge is 0.480 e. The molecule has 0 bridgehead atoms. The van der Waals surface area contributed by atoms with Crippen molar-refractivity contribution in [1.82, 2.24) is 35.6 Å². The number of unbranched alkanes of at least 4 members (excludes halogenated alkanes) is 1. The number of rotatable bonds is 41. The number of amides is 4. The van der Waals surface area contributed by atoms with E-state index in [1.54, 1.807) is 14.7 Å². The molecule has 2 atom stereocenters. The van der Waals surface area contributed by atoms with Gasteiger partial charge < -0.3 is 70.1 Å². The van der Waals surface area contributed by atoms with Gasteiger partial charge in [-0.15, -0.1) is 0 Å². The van der Waals surface area contributed by atoms with Crippen LogP contribution in [0.2, 0.25) is 0 Å². The molecule has 0 aromatic heterocycles. The molecule has 4 amide bonds. The minimum Gasteiger partial charge on any atom is -0.480 e. The maximum Gasteiger partial charge on any atom is 0.320 e. The fraction of sp³-hybridized carbons (Fsp3) is 0.632. The fourth-order valence-corrected chi connectivity index (χ4v) is 9.38. The lowest BCUT2D eigenvalue weighted by Gasteiger charge is -2.35. The minimum atomic E-state index is -1.83. The summed E-state index contributed by atoms with van der Waals surface area (Å²) in [7, 11) is 0. The number of hydrogen-bond acceptors (Lipinski definition) is 19. The summed E-state index contributed by atoms with van der Waals surface area (Å²) >= 11 is 3.55. The van der Waals surface area contributed by atoms with E-state index in [1.807, 2.05) is 26.8 Å². The van der Waals surface area contributed by atoms with Gasteiger partial charge in [0, 0.05) is 107 Å². The van der Waals surface area contributed by atoms with Crippen LogP contribution in [0.3, 0.4) is 0 Å². The van der Waals surface area contributed by atoms with Gasteiger partial charge in [-0.3, -0.25) is 62.8 Å². The fourth-order valence-electron chi connectivity index (χ4n) is 9.07. The number of carboxylic acids is 4. The van der Waals surface area contributed by atoms with Crippen molar-refractivity contribution < 1.29 is 110 Å². The van der Waals surface area contributed by atoms with E-state index in [0.29, 0.717) is 5.69 Å². The molecule has 0 aliphatic carbocycles. The van der Waals surface area contributed by atoms with Gasteiger partial charge in [0.2, 0.25) is 41.0 Å². The molecule has 0 saturated carbocycles. The number of nitrogens with one attached hydrogen (secondary N) is 4. The molecular weight excluding hydrogens is 1260 g/mol. The van der Waals surface area contributed by atoms with Crippen LogP contribution in [-0.2, 0) is 66.8 Å². The van der Waals surface area contributed by atoms with Crippen molar-refractivity contribution in [3.8, 4) is 5.75 Å². The van der Waals surface area contributed by atoms with Crippen molar-refractivity contribution in [1.29, 1.82) is 0 Å². The van der Waals surface area contributed by atoms with Crippen LogP contribution in [0.4, 0.5) is 23.2 Å². The number of aryl methyl sites for hydroxylation is 2. The predicted octanol–water partition coefficient (Wildman–Crippen LogP) is 2.32. The Kier molecular flexibility index (Phi) is 36.6. The van der Waals surface area contributed by atoms with E-state index in [1.165, 1.54) is 4.90 Å². The maximum atomic E-state index is 13.7. The van der Waals surface area contributed by atoms with Crippen molar-refractivity contribution in [2.75, 3.05) is 156 Å². The minimum absolute atomic E-state index is 0.00696. The second-order valence-corrected chi connectivity index (χ2v) is 21.4. The molecule has 0 radical (unpaired) electrons. The maximum absolute atomic E-state index is 13.7. The van der Waals surface area contributed by atoms with E-state index >= 15 is 0 Å². The third kappa shape index (κ3) is 31.2. The SMILES string of the molecule is Cc1cc(C)c(NC(=O)CC[C@H](NC(=O)CCC(C(=O)O)N2CCN(CC(=O)O)CCN(CC(=O)O)CCN(CC(=O)O)CC2)C(=O)NCCOCCOCCOCCOCCOCCNC(=O)CCCCC(=O)Oc2c(F)c(F)cc(F)c2F)c(C)c1Br. The van der Waals surface area contributed by atoms with Crippen molar-refractivity contribution in [3.05, 3.63) is 56.6 Å². The summed E-state index contributed by atoms with van der Waals surface area (Å²) in [6, 6.07) is -0.660. The number of aliphatic carboxylic acids is 4. The molecular formula is C57H83BrF4N8O19. The molecule has 27 nitrogen and oxygen atoms in total. The number of ether oxygens (including phenoxy) is 6. The number of carbonyl (C=O) groups is 9. The highest BCUT2D eigenvalue weighted by Crippen LogP contribution is 2.31. The van der Waals surface area contributed by atoms with E-state index in [2.05, 4.69) is 41.9 Å². The highest BCUT2D eigenvalue weighted by molar-refractivity contribution is 9.10. The van der Waals surface area contributed by atoms with Crippen molar-refractivity contribution in [2.45, 2.75) is 84.2 Å². The van der Waals surface area contributed by atoms with Crippen molar-refractivity contribution in [2.24, 2.45) is 0 Å². The van der Waals surface area contributed by atoms with E-state index < -0.39 is 102 Å². The second-order valence-electron chi connectivity index (χ2n) is 20.7. The standard InChI is InChI=1S/C57H83BrF4N8O19/c1-37-32-38(2)54(39(3)51(37)58)66-46(73)10-8-42(65-45(72)11-9-43(57(82)83)70-20-18-68(35-48(76)77)16-14-67(34-47(74)75)15-17-69(19-21-70)36-49(78)79)56(81)64-13-23-85-25-27-87-29-31-88-30-28-86-26-24-84-22-12-63-44(71)6-4-5-7-50(80)89-55-52(61)40(59)33-41(60)53(55)62/h32-33,42-43H,4-31,34-36H2,1-3H3,(H,63,71)(H,64,81)(H,65,72)(H,66,73)(H,74,75)(H,76,77)(H,78,79)(H,82,83)/t42-,43?/m0/s1. The first-order valence-electron chi connectivity index (χ1n) is 29.0.